The summed E-state index contributed by atoms with van der Waals surface area (Å²) in [7, 11) is 0. The van der Waals surface area contributed by atoms with Crippen molar-refractivity contribution < 1.29 is 18.6 Å². The molecule has 1 heterocycles. The average molecular weight is 275 g/mol. The van der Waals surface area contributed by atoms with E-state index in [0.29, 0.717) is 18.0 Å². The van der Waals surface area contributed by atoms with Gasteiger partial charge in [0.05, 0.1) is 6.61 Å². The summed E-state index contributed by atoms with van der Waals surface area (Å²) in [5, 5.41) is 0. The summed E-state index contributed by atoms with van der Waals surface area (Å²) in [6.07, 6.45) is 0. The second-order valence-corrected chi connectivity index (χ2v) is 4.52. The molecule has 0 spiro atoms. The molecule has 2 aromatic rings. The van der Waals surface area contributed by atoms with E-state index in [-0.39, 0.29) is 19.2 Å². The lowest BCUT2D eigenvalue weighted by Crippen LogP contribution is -2.14. The second-order valence-electron chi connectivity index (χ2n) is 4.52. The first-order valence-electron chi connectivity index (χ1n) is 6.22. The van der Waals surface area contributed by atoms with Crippen molar-refractivity contribution in [2.45, 2.75) is 13.2 Å². The van der Waals surface area contributed by atoms with E-state index in [0.717, 1.165) is 16.9 Å². The van der Waals surface area contributed by atoms with Gasteiger partial charge in [0.15, 0.2) is 6.79 Å². The third-order valence-electron chi connectivity index (χ3n) is 3.00. The van der Waals surface area contributed by atoms with Crippen molar-refractivity contribution in [1.29, 1.82) is 0 Å². The lowest BCUT2D eigenvalue weighted by Gasteiger charge is -2.21. The van der Waals surface area contributed by atoms with Gasteiger partial charge in [0.2, 0.25) is 0 Å². The van der Waals surface area contributed by atoms with Crippen LogP contribution in [0.3, 0.4) is 0 Å². The molecule has 0 aromatic heterocycles. The van der Waals surface area contributed by atoms with Crippen LogP contribution in [-0.2, 0) is 18.0 Å². The number of rotatable bonds is 3. The molecule has 2 aromatic carbocycles. The van der Waals surface area contributed by atoms with Gasteiger partial charge in [-0.05, 0) is 24.3 Å². The molecular formula is C15H14FNO3. The Bertz CT molecular complexity index is 631. The Labute approximate surface area is 115 Å². The number of anilines is 1. The number of fused-ring (bicyclic) bond motifs is 1. The fourth-order valence-corrected chi connectivity index (χ4v) is 2.15. The number of benzene rings is 2. The number of hydrogen-bond donors (Lipinski definition) is 1. The van der Waals surface area contributed by atoms with Crippen LogP contribution in [0.15, 0.2) is 36.4 Å². The average Bonchev–Trinajstić information content (AvgIpc) is 2.44. The Balaban J connectivity index is 1.82. The molecule has 0 fully saturated rings. The summed E-state index contributed by atoms with van der Waals surface area (Å²) < 4.78 is 29.4. The maximum absolute atomic E-state index is 13.1. The molecule has 2 N–H and O–H groups in total. The van der Waals surface area contributed by atoms with E-state index < -0.39 is 0 Å². The highest BCUT2D eigenvalue weighted by molar-refractivity contribution is 5.53. The SMILES string of the molecule is Nc1cc2c(c(COc3cccc(F)c3)c1)OCOC2. The maximum atomic E-state index is 13.1. The predicted molar refractivity (Wildman–Crippen MR) is 71.9 cm³/mol. The first-order chi connectivity index (χ1) is 9.72. The van der Waals surface area contributed by atoms with Crippen LogP contribution in [0.4, 0.5) is 10.1 Å². The molecule has 1 aliphatic rings. The Morgan fingerprint density at radius 1 is 1.25 bits per heavy atom. The van der Waals surface area contributed by atoms with Crippen LogP contribution in [0.1, 0.15) is 11.1 Å². The normalized spacial score (nSPS) is 13.4. The quantitative estimate of drug-likeness (QED) is 0.875. The molecule has 0 bridgehead atoms. The summed E-state index contributed by atoms with van der Waals surface area (Å²) >= 11 is 0. The van der Waals surface area contributed by atoms with Crippen LogP contribution in [0.5, 0.6) is 11.5 Å². The van der Waals surface area contributed by atoms with Crippen LogP contribution >= 0.6 is 0 Å². The number of nitrogen functional groups attached to an aromatic ring is 1. The van der Waals surface area contributed by atoms with Crippen molar-refractivity contribution in [3.63, 3.8) is 0 Å². The molecule has 4 nitrogen and oxygen atoms in total. The van der Waals surface area contributed by atoms with E-state index in [1.165, 1.54) is 12.1 Å². The van der Waals surface area contributed by atoms with Gasteiger partial charge < -0.3 is 19.9 Å². The Kier molecular flexibility index (Phi) is 3.43. The summed E-state index contributed by atoms with van der Waals surface area (Å²) in [5.74, 6) is 0.872. The van der Waals surface area contributed by atoms with Gasteiger partial charge in [-0.3, -0.25) is 0 Å². The van der Waals surface area contributed by atoms with Gasteiger partial charge in [0.1, 0.15) is 23.9 Å². The van der Waals surface area contributed by atoms with E-state index in [4.69, 9.17) is 19.9 Å². The van der Waals surface area contributed by atoms with Crippen LogP contribution < -0.4 is 15.2 Å². The van der Waals surface area contributed by atoms with Gasteiger partial charge in [-0.15, -0.1) is 0 Å². The molecule has 0 aliphatic carbocycles. The van der Waals surface area contributed by atoms with Crippen molar-refractivity contribution in [3.05, 3.63) is 53.3 Å². The molecule has 1 aliphatic heterocycles. The Hall–Kier alpha value is -2.27. The highest BCUT2D eigenvalue weighted by Crippen LogP contribution is 2.31. The van der Waals surface area contributed by atoms with Crippen molar-refractivity contribution in [1.82, 2.24) is 0 Å². The van der Waals surface area contributed by atoms with Gasteiger partial charge in [-0.25, -0.2) is 4.39 Å². The zero-order chi connectivity index (χ0) is 13.9. The summed E-state index contributed by atoms with van der Waals surface area (Å²) in [5.41, 5.74) is 8.19. The molecule has 0 atom stereocenters. The zero-order valence-corrected chi connectivity index (χ0v) is 10.8. The van der Waals surface area contributed by atoms with Gasteiger partial charge in [0, 0.05) is 22.9 Å². The Morgan fingerprint density at radius 3 is 3.00 bits per heavy atom. The van der Waals surface area contributed by atoms with E-state index in [1.807, 2.05) is 6.07 Å². The predicted octanol–water partition coefficient (Wildman–Crippen LogP) is 2.85. The monoisotopic (exact) mass is 275 g/mol. The molecule has 104 valence electrons. The minimum atomic E-state index is -0.332. The molecule has 0 unspecified atom stereocenters. The highest BCUT2D eigenvalue weighted by atomic mass is 19.1. The largest absolute Gasteiger partial charge is 0.489 e. The molecule has 20 heavy (non-hydrogen) atoms. The lowest BCUT2D eigenvalue weighted by molar-refractivity contribution is -0.0175. The fourth-order valence-electron chi connectivity index (χ4n) is 2.15. The summed E-state index contributed by atoms with van der Waals surface area (Å²) in [6.45, 7) is 0.939. The van der Waals surface area contributed by atoms with Crippen molar-refractivity contribution in [2.75, 3.05) is 12.5 Å². The standard InChI is InChI=1S/C15H14FNO3/c16-12-2-1-3-14(6-12)19-8-11-5-13(17)4-10-7-18-9-20-15(10)11/h1-6H,7-9,17H2. The number of ether oxygens (including phenoxy) is 3. The lowest BCUT2D eigenvalue weighted by atomic mass is 10.1. The van der Waals surface area contributed by atoms with Crippen molar-refractivity contribution >= 4 is 5.69 Å². The smallest absolute Gasteiger partial charge is 0.189 e. The third kappa shape index (κ3) is 2.67. The topological polar surface area (TPSA) is 53.7 Å². The molecule has 3 rings (SSSR count). The maximum Gasteiger partial charge on any atom is 0.189 e. The molecule has 0 amide bonds. The first-order valence-corrected chi connectivity index (χ1v) is 6.22. The molecule has 0 radical (unpaired) electrons. The molecule has 0 saturated heterocycles. The minimum Gasteiger partial charge on any atom is -0.489 e. The van der Waals surface area contributed by atoms with Crippen LogP contribution in [-0.4, -0.2) is 6.79 Å². The fraction of sp³-hybridized carbons (Fsp3) is 0.200. The highest BCUT2D eigenvalue weighted by Gasteiger charge is 2.16. The van der Waals surface area contributed by atoms with Crippen molar-refractivity contribution in [3.8, 4) is 11.5 Å². The van der Waals surface area contributed by atoms with Crippen LogP contribution in [0.25, 0.3) is 0 Å². The molecule has 5 heteroatoms. The van der Waals surface area contributed by atoms with Crippen LogP contribution in [0.2, 0.25) is 0 Å². The molecule has 0 saturated carbocycles. The Morgan fingerprint density at radius 2 is 2.15 bits per heavy atom. The zero-order valence-electron chi connectivity index (χ0n) is 10.8. The van der Waals surface area contributed by atoms with Crippen LogP contribution in [0, 0.1) is 5.82 Å². The van der Waals surface area contributed by atoms with Gasteiger partial charge >= 0.3 is 0 Å². The number of hydrogen-bond acceptors (Lipinski definition) is 4. The molecular weight excluding hydrogens is 261 g/mol. The number of halogens is 1. The van der Waals surface area contributed by atoms with E-state index in [9.17, 15) is 4.39 Å². The second kappa shape index (κ2) is 5.38. The van der Waals surface area contributed by atoms with Gasteiger partial charge in [-0.2, -0.15) is 0 Å². The third-order valence-corrected chi connectivity index (χ3v) is 3.00. The minimum absolute atomic E-state index is 0.212. The van der Waals surface area contributed by atoms with E-state index in [1.54, 1.807) is 18.2 Å². The van der Waals surface area contributed by atoms with E-state index >= 15 is 0 Å². The summed E-state index contributed by atoms with van der Waals surface area (Å²) in [6, 6.07) is 9.62. The van der Waals surface area contributed by atoms with E-state index in [2.05, 4.69) is 0 Å². The van der Waals surface area contributed by atoms with Crippen molar-refractivity contribution in [2.24, 2.45) is 0 Å². The summed E-state index contributed by atoms with van der Waals surface area (Å²) in [4.78, 5) is 0. The number of nitrogens with two attached hydrogens (primary N) is 1. The van der Waals surface area contributed by atoms with Gasteiger partial charge in [-0.1, -0.05) is 6.07 Å². The first kappa shape index (κ1) is 12.7. The van der Waals surface area contributed by atoms with Gasteiger partial charge in [0.25, 0.3) is 0 Å².